The minimum absolute atomic E-state index is 0.309. The van der Waals surface area contributed by atoms with Crippen LogP contribution in [-0.2, 0) is 11.2 Å². The van der Waals surface area contributed by atoms with Gasteiger partial charge in [-0.3, -0.25) is 4.79 Å². The molecule has 0 saturated carbocycles. The van der Waals surface area contributed by atoms with Gasteiger partial charge in [0.1, 0.15) is 5.54 Å². The van der Waals surface area contributed by atoms with Gasteiger partial charge in [0.25, 0.3) is 0 Å². The van der Waals surface area contributed by atoms with E-state index in [0.717, 1.165) is 19.4 Å². The lowest BCUT2D eigenvalue weighted by Crippen LogP contribution is -2.58. The van der Waals surface area contributed by atoms with Crippen molar-refractivity contribution in [3.63, 3.8) is 0 Å². The Morgan fingerprint density at radius 3 is 2.84 bits per heavy atom. The third kappa shape index (κ3) is 2.89. The number of nitrogens with zero attached hydrogens (tertiary/aromatic N) is 1. The van der Waals surface area contributed by atoms with Gasteiger partial charge in [-0.15, -0.1) is 0 Å². The number of hydrogen-bond acceptors (Lipinski definition) is 3. The molecule has 0 aliphatic carbocycles. The maximum absolute atomic E-state index is 11.7. The molecule has 4 heteroatoms. The number of nitrogens with one attached hydrogen (secondary N) is 1. The first kappa shape index (κ1) is 13.9. The topological polar surface area (TPSA) is 58.4 Å². The molecule has 104 valence electrons. The van der Waals surface area contributed by atoms with Crippen LogP contribution < -0.4 is 16.0 Å². The number of anilines is 1. The molecule has 0 bridgehead atoms. The zero-order valence-electron chi connectivity index (χ0n) is 11.8. The third-order valence-corrected chi connectivity index (χ3v) is 4.06. The molecule has 0 fully saturated rings. The number of fused-ring (bicyclic) bond motifs is 1. The minimum Gasteiger partial charge on any atom is -0.369 e. The Labute approximate surface area is 115 Å². The lowest BCUT2D eigenvalue weighted by Gasteiger charge is -2.34. The summed E-state index contributed by atoms with van der Waals surface area (Å²) in [6.45, 7) is 3.44. The van der Waals surface area contributed by atoms with Crippen LogP contribution in [0.3, 0.4) is 0 Å². The first-order valence-corrected chi connectivity index (χ1v) is 6.88. The Kier molecular flexibility index (Phi) is 4.10. The molecular formula is C15H23N3O. The number of amides is 1. The second-order valence-electron chi connectivity index (χ2n) is 5.45. The Morgan fingerprint density at radius 1 is 1.42 bits per heavy atom. The average Bonchev–Trinajstić information content (AvgIpc) is 2.61. The van der Waals surface area contributed by atoms with Gasteiger partial charge in [0.15, 0.2) is 0 Å². The highest BCUT2D eigenvalue weighted by atomic mass is 16.1. The van der Waals surface area contributed by atoms with Crippen LogP contribution in [-0.4, -0.2) is 31.6 Å². The smallest absolute Gasteiger partial charge is 0.239 e. The molecule has 19 heavy (non-hydrogen) atoms. The Bertz CT molecular complexity index is 460. The number of carbonyl (C=O) groups is 1. The number of carbonyl (C=O) groups excluding carboxylic acids is 1. The SMILES string of the molecule is CNC(C)(CN1CCCCc2ccccc21)C(N)=O. The predicted molar refractivity (Wildman–Crippen MR) is 78.3 cm³/mol. The van der Waals surface area contributed by atoms with E-state index in [0.29, 0.717) is 6.54 Å². The van der Waals surface area contributed by atoms with Crippen molar-refractivity contribution in [1.29, 1.82) is 0 Å². The Balaban J connectivity index is 2.27. The maximum Gasteiger partial charge on any atom is 0.239 e. The van der Waals surface area contributed by atoms with Gasteiger partial charge in [0, 0.05) is 18.8 Å². The summed E-state index contributed by atoms with van der Waals surface area (Å²) in [5.41, 5.74) is 7.44. The van der Waals surface area contributed by atoms with Crippen LogP contribution in [0.5, 0.6) is 0 Å². The molecule has 1 aromatic rings. The summed E-state index contributed by atoms with van der Waals surface area (Å²) in [6.07, 6.45) is 3.45. The van der Waals surface area contributed by atoms with Gasteiger partial charge in [0.2, 0.25) is 5.91 Å². The summed E-state index contributed by atoms with van der Waals surface area (Å²) >= 11 is 0. The van der Waals surface area contributed by atoms with Crippen LogP contribution in [0.25, 0.3) is 0 Å². The van der Waals surface area contributed by atoms with Gasteiger partial charge in [-0.2, -0.15) is 0 Å². The number of para-hydroxylation sites is 1. The third-order valence-electron chi connectivity index (χ3n) is 4.06. The first-order valence-electron chi connectivity index (χ1n) is 6.88. The molecule has 1 amide bonds. The molecular weight excluding hydrogens is 238 g/mol. The fraction of sp³-hybridized carbons (Fsp3) is 0.533. The molecule has 3 N–H and O–H groups in total. The van der Waals surface area contributed by atoms with Crippen LogP contribution in [0.4, 0.5) is 5.69 Å². The van der Waals surface area contributed by atoms with Gasteiger partial charge in [-0.25, -0.2) is 0 Å². The molecule has 1 aliphatic heterocycles. The quantitative estimate of drug-likeness (QED) is 0.858. The molecule has 2 rings (SSSR count). The van der Waals surface area contributed by atoms with Crippen LogP contribution in [0.2, 0.25) is 0 Å². The highest BCUT2D eigenvalue weighted by Crippen LogP contribution is 2.27. The van der Waals surface area contributed by atoms with Gasteiger partial charge in [0.05, 0.1) is 0 Å². The molecule has 4 nitrogen and oxygen atoms in total. The van der Waals surface area contributed by atoms with E-state index < -0.39 is 5.54 Å². The molecule has 0 aromatic heterocycles. The van der Waals surface area contributed by atoms with Gasteiger partial charge in [-0.05, 0) is 44.9 Å². The number of likely N-dealkylation sites (N-methyl/N-ethyl adjacent to an activating group) is 1. The summed E-state index contributed by atoms with van der Waals surface area (Å²) < 4.78 is 0. The van der Waals surface area contributed by atoms with Crippen molar-refractivity contribution >= 4 is 11.6 Å². The number of benzene rings is 1. The minimum atomic E-state index is -0.697. The second kappa shape index (κ2) is 5.61. The van der Waals surface area contributed by atoms with Crippen LogP contribution in [0.15, 0.2) is 24.3 Å². The predicted octanol–water partition coefficient (Wildman–Crippen LogP) is 1.29. The Hall–Kier alpha value is -1.55. The van der Waals surface area contributed by atoms with E-state index in [1.54, 1.807) is 7.05 Å². The molecule has 0 saturated heterocycles. The van der Waals surface area contributed by atoms with E-state index in [1.165, 1.54) is 17.7 Å². The highest BCUT2D eigenvalue weighted by Gasteiger charge is 2.32. The van der Waals surface area contributed by atoms with E-state index >= 15 is 0 Å². The summed E-state index contributed by atoms with van der Waals surface area (Å²) in [6, 6.07) is 8.44. The molecule has 1 unspecified atom stereocenters. The van der Waals surface area contributed by atoms with Gasteiger partial charge >= 0.3 is 0 Å². The second-order valence-corrected chi connectivity index (χ2v) is 5.45. The van der Waals surface area contributed by atoms with Crippen molar-refractivity contribution in [1.82, 2.24) is 5.32 Å². The molecule has 1 aromatic carbocycles. The molecule has 0 spiro atoms. The number of hydrogen-bond donors (Lipinski definition) is 2. The van der Waals surface area contributed by atoms with Crippen LogP contribution in [0.1, 0.15) is 25.3 Å². The van der Waals surface area contributed by atoms with E-state index in [9.17, 15) is 4.79 Å². The van der Waals surface area contributed by atoms with E-state index in [1.807, 2.05) is 6.92 Å². The van der Waals surface area contributed by atoms with Crippen LogP contribution >= 0.6 is 0 Å². The normalized spacial score (nSPS) is 18.3. The van der Waals surface area contributed by atoms with E-state index in [-0.39, 0.29) is 5.91 Å². The first-order chi connectivity index (χ1) is 9.07. The summed E-state index contributed by atoms with van der Waals surface area (Å²) in [7, 11) is 1.79. The van der Waals surface area contributed by atoms with Crippen molar-refractivity contribution in [3.05, 3.63) is 29.8 Å². The standard InChI is InChI=1S/C15H23N3O/c1-15(17-2,14(16)19)11-18-10-6-5-8-12-7-3-4-9-13(12)18/h3-4,7,9,17H,5-6,8,10-11H2,1-2H3,(H2,16,19). The lowest BCUT2D eigenvalue weighted by molar-refractivity contribution is -0.123. The Morgan fingerprint density at radius 2 is 2.16 bits per heavy atom. The highest BCUT2D eigenvalue weighted by molar-refractivity contribution is 5.85. The number of nitrogens with two attached hydrogens (primary N) is 1. The van der Waals surface area contributed by atoms with Crippen molar-refractivity contribution in [2.75, 3.05) is 25.0 Å². The zero-order valence-corrected chi connectivity index (χ0v) is 11.8. The van der Waals surface area contributed by atoms with E-state index in [2.05, 4.69) is 34.5 Å². The fourth-order valence-electron chi connectivity index (χ4n) is 2.60. The largest absolute Gasteiger partial charge is 0.369 e. The summed E-state index contributed by atoms with van der Waals surface area (Å²) in [4.78, 5) is 13.9. The van der Waals surface area contributed by atoms with Crippen molar-refractivity contribution < 1.29 is 4.79 Å². The number of aryl methyl sites for hydroxylation is 1. The van der Waals surface area contributed by atoms with Crippen LogP contribution in [0, 0.1) is 0 Å². The maximum atomic E-state index is 11.7. The zero-order chi connectivity index (χ0) is 13.9. The number of primary amides is 1. The monoisotopic (exact) mass is 261 g/mol. The summed E-state index contributed by atoms with van der Waals surface area (Å²) in [5.74, 6) is -0.309. The summed E-state index contributed by atoms with van der Waals surface area (Å²) in [5, 5.41) is 3.06. The average molecular weight is 261 g/mol. The number of rotatable bonds is 4. The molecule has 0 radical (unpaired) electrons. The van der Waals surface area contributed by atoms with Gasteiger partial charge < -0.3 is 16.0 Å². The van der Waals surface area contributed by atoms with Crippen molar-refractivity contribution in [2.24, 2.45) is 5.73 Å². The lowest BCUT2D eigenvalue weighted by atomic mass is 10.00. The molecule has 1 aliphatic rings. The molecule has 1 atom stereocenters. The van der Waals surface area contributed by atoms with Crippen molar-refractivity contribution in [2.45, 2.75) is 31.7 Å². The van der Waals surface area contributed by atoms with Crippen molar-refractivity contribution in [3.8, 4) is 0 Å². The molecule has 1 heterocycles. The fourth-order valence-corrected chi connectivity index (χ4v) is 2.60. The van der Waals surface area contributed by atoms with E-state index in [4.69, 9.17) is 5.73 Å². The van der Waals surface area contributed by atoms with Gasteiger partial charge in [-0.1, -0.05) is 18.2 Å².